The molecule has 0 radical (unpaired) electrons. The first-order valence-corrected chi connectivity index (χ1v) is 8.14. The standard InChI is InChI=1S/C18H25NO2/c1-21-17-6-3-13(4-7-17)8-9-19-18(20)12-16-11-14-2-5-15(16)10-14/h3-4,6-7,14-16H,2,5,8-12H2,1H3,(H,19,20)/t14-,15+,16-/m0/s1. The van der Waals surface area contributed by atoms with Crippen LogP contribution in [0.15, 0.2) is 24.3 Å². The van der Waals surface area contributed by atoms with E-state index in [0.29, 0.717) is 5.92 Å². The van der Waals surface area contributed by atoms with Crippen LogP contribution in [0.3, 0.4) is 0 Å². The molecule has 0 unspecified atom stereocenters. The molecule has 21 heavy (non-hydrogen) atoms. The van der Waals surface area contributed by atoms with Gasteiger partial charge in [0.05, 0.1) is 7.11 Å². The number of carbonyl (C=O) groups is 1. The Hall–Kier alpha value is -1.51. The molecule has 2 aliphatic rings. The lowest BCUT2D eigenvalue weighted by Gasteiger charge is -2.20. The van der Waals surface area contributed by atoms with Gasteiger partial charge in [-0.05, 0) is 61.1 Å². The second-order valence-corrected chi connectivity index (χ2v) is 6.59. The number of nitrogens with one attached hydrogen (secondary N) is 1. The number of hydrogen-bond acceptors (Lipinski definition) is 2. The third-order valence-electron chi connectivity index (χ3n) is 5.23. The minimum absolute atomic E-state index is 0.237. The highest BCUT2D eigenvalue weighted by Crippen LogP contribution is 2.49. The zero-order chi connectivity index (χ0) is 14.7. The number of hydrogen-bond donors (Lipinski definition) is 1. The second-order valence-electron chi connectivity index (χ2n) is 6.59. The Bertz CT molecular complexity index is 482. The summed E-state index contributed by atoms with van der Waals surface area (Å²) in [7, 11) is 1.67. The van der Waals surface area contributed by atoms with Crippen molar-refractivity contribution < 1.29 is 9.53 Å². The van der Waals surface area contributed by atoms with Gasteiger partial charge in [0.15, 0.2) is 0 Å². The summed E-state index contributed by atoms with van der Waals surface area (Å²) in [6.07, 6.45) is 7.05. The Morgan fingerprint density at radius 2 is 2.05 bits per heavy atom. The predicted octanol–water partition coefficient (Wildman–Crippen LogP) is 3.18. The van der Waals surface area contributed by atoms with E-state index >= 15 is 0 Å². The van der Waals surface area contributed by atoms with E-state index in [1.54, 1.807) is 7.11 Å². The van der Waals surface area contributed by atoms with Gasteiger partial charge in [-0.2, -0.15) is 0 Å². The van der Waals surface area contributed by atoms with E-state index in [0.717, 1.165) is 37.0 Å². The molecule has 1 aromatic rings. The zero-order valence-electron chi connectivity index (χ0n) is 12.8. The summed E-state index contributed by atoms with van der Waals surface area (Å²) >= 11 is 0. The molecule has 0 saturated heterocycles. The Balaban J connectivity index is 1.37. The van der Waals surface area contributed by atoms with Crippen molar-refractivity contribution in [3.05, 3.63) is 29.8 Å². The van der Waals surface area contributed by atoms with Crippen LogP contribution in [0.1, 0.15) is 37.7 Å². The number of carbonyl (C=O) groups excluding carboxylic acids is 1. The fourth-order valence-electron chi connectivity index (χ4n) is 4.08. The normalized spacial score (nSPS) is 26.8. The maximum Gasteiger partial charge on any atom is 0.220 e. The third kappa shape index (κ3) is 3.58. The van der Waals surface area contributed by atoms with Crippen LogP contribution in [0.25, 0.3) is 0 Å². The molecule has 3 atom stereocenters. The molecule has 0 aromatic heterocycles. The molecule has 2 fully saturated rings. The summed E-state index contributed by atoms with van der Waals surface area (Å²) in [4.78, 5) is 12.0. The maximum atomic E-state index is 12.0. The van der Waals surface area contributed by atoms with E-state index in [-0.39, 0.29) is 5.91 Å². The number of rotatable bonds is 6. The van der Waals surface area contributed by atoms with Gasteiger partial charge in [0.25, 0.3) is 0 Å². The fraction of sp³-hybridized carbons (Fsp3) is 0.611. The molecule has 3 nitrogen and oxygen atoms in total. The Morgan fingerprint density at radius 1 is 1.24 bits per heavy atom. The van der Waals surface area contributed by atoms with Crippen molar-refractivity contribution in [3.63, 3.8) is 0 Å². The van der Waals surface area contributed by atoms with Crippen LogP contribution in [0.2, 0.25) is 0 Å². The molecular formula is C18H25NO2. The van der Waals surface area contributed by atoms with Crippen LogP contribution in [0, 0.1) is 17.8 Å². The monoisotopic (exact) mass is 287 g/mol. The average molecular weight is 287 g/mol. The van der Waals surface area contributed by atoms with Crippen molar-refractivity contribution in [2.45, 2.75) is 38.5 Å². The van der Waals surface area contributed by atoms with Gasteiger partial charge in [-0.15, -0.1) is 0 Å². The molecule has 3 heteroatoms. The van der Waals surface area contributed by atoms with E-state index in [9.17, 15) is 4.79 Å². The minimum atomic E-state index is 0.237. The van der Waals surface area contributed by atoms with Crippen molar-refractivity contribution in [2.75, 3.05) is 13.7 Å². The quantitative estimate of drug-likeness (QED) is 0.872. The van der Waals surface area contributed by atoms with E-state index in [1.165, 1.54) is 31.2 Å². The van der Waals surface area contributed by atoms with Crippen molar-refractivity contribution in [2.24, 2.45) is 17.8 Å². The first kappa shape index (κ1) is 14.4. The van der Waals surface area contributed by atoms with Crippen molar-refractivity contribution in [1.29, 1.82) is 0 Å². The Kier molecular flexibility index (Phi) is 4.47. The van der Waals surface area contributed by atoms with Gasteiger partial charge in [0, 0.05) is 13.0 Å². The number of fused-ring (bicyclic) bond motifs is 2. The summed E-state index contributed by atoms with van der Waals surface area (Å²) in [5.74, 6) is 3.53. The molecule has 1 amide bonds. The predicted molar refractivity (Wildman–Crippen MR) is 83.3 cm³/mol. The molecule has 2 saturated carbocycles. The molecule has 114 valence electrons. The van der Waals surface area contributed by atoms with E-state index in [1.807, 2.05) is 12.1 Å². The van der Waals surface area contributed by atoms with Gasteiger partial charge < -0.3 is 10.1 Å². The molecule has 2 bridgehead atoms. The summed E-state index contributed by atoms with van der Waals surface area (Å²) in [6.45, 7) is 0.728. The minimum Gasteiger partial charge on any atom is -0.497 e. The summed E-state index contributed by atoms with van der Waals surface area (Å²) < 4.78 is 5.14. The highest BCUT2D eigenvalue weighted by molar-refractivity contribution is 5.76. The fourth-order valence-corrected chi connectivity index (χ4v) is 4.08. The third-order valence-corrected chi connectivity index (χ3v) is 5.23. The van der Waals surface area contributed by atoms with Gasteiger partial charge in [-0.3, -0.25) is 4.79 Å². The first-order chi connectivity index (χ1) is 10.2. The summed E-state index contributed by atoms with van der Waals surface area (Å²) in [6, 6.07) is 8.04. The van der Waals surface area contributed by atoms with Gasteiger partial charge in [-0.25, -0.2) is 0 Å². The number of benzene rings is 1. The molecule has 0 heterocycles. The van der Waals surface area contributed by atoms with Crippen molar-refractivity contribution in [3.8, 4) is 5.75 Å². The second kappa shape index (κ2) is 6.50. The molecule has 2 aliphatic carbocycles. The van der Waals surface area contributed by atoms with Gasteiger partial charge >= 0.3 is 0 Å². The highest BCUT2D eigenvalue weighted by atomic mass is 16.5. The van der Waals surface area contributed by atoms with Gasteiger partial charge in [0.2, 0.25) is 5.91 Å². The topological polar surface area (TPSA) is 38.3 Å². The van der Waals surface area contributed by atoms with Crippen LogP contribution in [0.4, 0.5) is 0 Å². The van der Waals surface area contributed by atoms with Crippen molar-refractivity contribution in [1.82, 2.24) is 5.32 Å². The molecular weight excluding hydrogens is 262 g/mol. The van der Waals surface area contributed by atoms with E-state index in [2.05, 4.69) is 17.4 Å². The lowest BCUT2D eigenvalue weighted by Crippen LogP contribution is -2.28. The molecule has 1 aromatic carbocycles. The Morgan fingerprint density at radius 3 is 2.67 bits per heavy atom. The zero-order valence-corrected chi connectivity index (χ0v) is 12.8. The molecule has 0 aliphatic heterocycles. The summed E-state index contributed by atoms with van der Waals surface area (Å²) in [5, 5.41) is 3.08. The van der Waals surface area contributed by atoms with Gasteiger partial charge in [0.1, 0.15) is 5.75 Å². The number of amides is 1. The molecule has 0 spiro atoms. The smallest absolute Gasteiger partial charge is 0.220 e. The van der Waals surface area contributed by atoms with Gasteiger partial charge in [-0.1, -0.05) is 18.6 Å². The average Bonchev–Trinajstić information content (AvgIpc) is 3.10. The lowest BCUT2D eigenvalue weighted by atomic mass is 9.86. The van der Waals surface area contributed by atoms with Crippen LogP contribution in [-0.2, 0) is 11.2 Å². The number of ether oxygens (including phenoxy) is 1. The largest absolute Gasteiger partial charge is 0.497 e. The van der Waals surface area contributed by atoms with Crippen molar-refractivity contribution >= 4 is 5.91 Å². The number of methoxy groups -OCH3 is 1. The van der Waals surface area contributed by atoms with Crippen LogP contribution < -0.4 is 10.1 Å². The van der Waals surface area contributed by atoms with Crippen LogP contribution in [0.5, 0.6) is 5.75 Å². The first-order valence-electron chi connectivity index (χ1n) is 8.14. The maximum absolute atomic E-state index is 12.0. The Labute approximate surface area is 127 Å². The van der Waals surface area contributed by atoms with E-state index in [4.69, 9.17) is 4.74 Å². The lowest BCUT2D eigenvalue weighted by molar-refractivity contribution is -0.122. The van der Waals surface area contributed by atoms with Crippen LogP contribution >= 0.6 is 0 Å². The van der Waals surface area contributed by atoms with Crippen LogP contribution in [-0.4, -0.2) is 19.6 Å². The highest BCUT2D eigenvalue weighted by Gasteiger charge is 2.39. The van der Waals surface area contributed by atoms with E-state index < -0.39 is 0 Å². The molecule has 3 rings (SSSR count). The SMILES string of the molecule is COc1ccc(CCNC(=O)C[C@@H]2C[C@H]3CC[C@@H]2C3)cc1. The molecule has 1 N–H and O–H groups in total. The summed E-state index contributed by atoms with van der Waals surface area (Å²) in [5.41, 5.74) is 1.23.